The number of fused-ring (bicyclic) bond motifs is 1. The van der Waals surface area contributed by atoms with E-state index in [2.05, 4.69) is 0 Å². The smallest absolute Gasteiger partial charge is 0.335 e. The quantitative estimate of drug-likeness (QED) is 0.928. The number of aryl methyl sites for hydroxylation is 2. The molecule has 1 atom stereocenters. The lowest BCUT2D eigenvalue weighted by atomic mass is 9.95. The van der Waals surface area contributed by atoms with Crippen LogP contribution >= 0.6 is 0 Å². The highest BCUT2D eigenvalue weighted by Gasteiger charge is 2.48. The molecule has 6 heteroatoms. The lowest BCUT2D eigenvalue weighted by molar-refractivity contribution is -0.139. The first-order chi connectivity index (χ1) is 9.26. The molecular formula is C14H13F3O3. The monoisotopic (exact) mass is 286 g/mol. The third-order valence-corrected chi connectivity index (χ3v) is 3.09. The van der Waals surface area contributed by atoms with Crippen LogP contribution in [-0.4, -0.2) is 29.8 Å². The standard InChI is InChI=1S/C14H13F3O3/c1-7-3-8(2)11-9(4-7)5-10(13(18)19)12(20-11)14(16,17)6-15/h3-5,12H,6H2,1-2H3,(H,18,19). The molecule has 0 saturated carbocycles. The first-order valence-corrected chi connectivity index (χ1v) is 5.93. The molecule has 0 fully saturated rings. The van der Waals surface area contributed by atoms with Crippen molar-refractivity contribution >= 4 is 12.0 Å². The molecule has 1 aromatic carbocycles. The van der Waals surface area contributed by atoms with E-state index >= 15 is 0 Å². The molecule has 0 saturated heterocycles. The molecule has 0 radical (unpaired) electrons. The molecule has 3 nitrogen and oxygen atoms in total. The predicted molar refractivity (Wildman–Crippen MR) is 66.9 cm³/mol. The first-order valence-electron chi connectivity index (χ1n) is 5.93. The van der Waals surface area contributed by atoms with Crippen molar-refractivity contribution in [3.63, 3.8) is 0 Å². The van der Waals surface area contributed by atoms with E-state index in [9.17, 15) is 18.0 Å². The van der Waals surface area contributed by atoms with Crippen LogP contribution in [-0.2, 0) is 4.79 Å². The number of rotatable bonds is 3. The molecule has 1 aromatic rings. The maximum absolute atomic E-state index is 13.5. The fourth-order valence-electron chi connectivity index (χ4n) is 2.24. The molecule has 0 spiro atoms. The van der Waals surface area contributed by atoms with Crippen molar-refractivity contribution in [2.75, 3.05) is 6.67 Å². The summed E-state index contributed by atoms with van der Waals surface area (Å²) in [6, 6.07) is 3.36. The number of hydrogen-bond acceptors (Lipinski definition) is 2. The Hall–Kier alpha value is -1.98. The van der Waals surface area contributed by atoms with Crippen LogP contribution in [0.25, 0.3) is 6.08 Å². The molecule has 108 valence electrons. The summed E-state index contributed by atoms with van der Waals surface area (Å²) < 4.78 is 44.7. The van der Waals surface area contributed by atoms with E-state index in [1.807, 2.05) is 0 Å². The van der Waals surface area contributed by atoms with Gasteiger partial charge in [-0.2, -0.15) is 8.78 Å². The lowest BCUT2D eigenvalue weighted by Gasteiger charge is -2.31. The summed E-state index contributed by atoms with van der Waals surface area (Å²) in [7, 11) is 0. The van der Waals surface area contributed by atoms with Gasteiger partial charge in [0.05, 0.1) is 5.57 Å². The van der Waals surface area contributed by atoms with Crippen molar-refractivity contribution in [3.8, 4) is 5.75 Å². The Morgan fingerprint density at radius 1 is 1.40 bits per heavy atom. The number of hydrogen-bond donors (Lipinski definition) is 1. The lowest BCUT2D eigenvalue weighted by Crippen LogP contribution is -2.44. The fraction of sp³-hybridized carbons (Fsp3) is 0.357. The molecule has 0 aliphatic carbocycles. The molecule has 2 rings (SSSR count). The van der Waals surface area contributed by atoms with Crippen LogP contribution in [0, 0.1) is 13.8 Å². The van der Waals surface area contributed by atoms with Crippen LogP contribution in [0.15, 0.2) is 17.7 Å². The number of halogens is 3. The average Bonchev–Trinajstić information content (AvgIpc) is 2.37. The minimum Gasteiger partial charge on any atom is -0.478 e. The van der Waals surface area contributed by atoms with Gasteiger partial charge in [-0.15, -0.1) is 0 Å². The molecular weight excluding hydrogens is 273 g/mol. The Bertz CT molecular complexity index is 594. The van der Waals surface area contributed by atoms with Gasteiger partial charge in [0.25, 0.3) is 0 Å². The van der Waals surface area contributed by atoms with Crippen molar-refractivity contribution in [1.82, 2.24) is 0 Å². The second kappa shape index (κ2) is 4.85. The number of ether oxygens (including phenoxy) is 1. The highest BCUT2D eigenvalue weighted by atomic mass is 19.3. The van der Waals surface area contributed by atoms with Crippen LogP contribution < -0.4 is 4.74 Å². The number of carboxylic acids is 1. The molecule has 1 unspecified atom stereocenters. The highest BCUT2D eigenvalue weighted by Crippen LogP contribution is 2.39. The molecule has 0 bridgehead atoms. The molecule has 1 heterocycles. The zero-order chi connectivity index (χ0) is 15.1. The van der Waals surface area contributed by atoms with Gasteiger partial charge in [0, 0.05) is 5.56 Å². The van der Waals surface area contributed by atoms with E-state index in [0.717, 1.165) is 11.6 Å². The van der Waals surface area contributed by atoms with Crippen molar-refractivity contribution < 1.29 is 27.8 Å². The predicted octanol–water partition coefficient (Wildman–Crippen LogP) is 3.14. The summed E-state index contributed by atoms with van der Waals surface area (Å²) in [5.41, 5.74) is 1.21. The fourth-order valence-corrected chi connectivity index (χ4v) is 2.24. The molecule has 0 amide bonds. The third kappa shape index (κ3) is 2.37. The van der Waals surface area contributed by atoms with E-state index in [1.165, 1.54) is 0 Å². The van der Waals surface area contributed by atoms with Crippen LogP contribution in [0.1, 0.15) is 16.7 Å². The van der Waals surface area contributed by atoms with Crippen LogP contribution in [0.2, 0.25) is 0 Å². The van der Waals surface area contributed by atoms with E-state index in [0.29, 0.717) is 11.1 Å². The number of aliphatic carboxylic acids is 1. The second-order valence-electron chi connectivity index (χ2n) is 4.80. The normalized spacial score (nSPS) is 18.1. The van der Waals surface area contributed by atoms with E-state index in [1.54, 1.807) is 26.0 Å². The van der Waals surface area contributed by atoms with Gasteiger partial charge >= 0.3 is 11.9 Å². The third-order valence-electron chi connectivity index (χ3n) is 3.09. The van der Waals surface area contributed by atoms with Crippen molar-refractivity contribution in [2.24, 2.45) is 0 Å². The van der Waals surface area contributed by atoms with Gasteiger partial charge in [0.15, 0.2) is 12.8 Å². The first kappa shape index (κ1) is 14.4. The van der Waals surface area contributed by atoms with Gasteiger partial charge in [0.2, 0.25) is 0 Å². The summed E-state index contributed by atoms with van der Waals surface area (Å²) >= 11 is 0. The SMILES string of the molecule is Cc1cc(C)c2c(c1)C=C(C(=O)O)C(C(F)(F)CF)O2. The Morgan fingerprint density at radius 3 is 2.60 bits per heavy atom. The summed E-state index contributed by atoms with van der Waals surface area (Å²) in [5, 5.41) is 9.03. The van der Waals surface area contributed by atoms with E-state index < -0.39 is 30.2 Å². The van der Waals surface area contributed by atoms with Gasteiger partial charge in [0.1, 0.15) is 5.75 Å². The van der Waals surface area contributed by atoms with Gasteiger partial charge in [-0.3, -0.25) is 0 Å². The largest absolute Gasteiger partial charge is 0.478 e. The van der Waals surface area contributed by atoms with Gasteiger partial charge in [-0.05, 0) is 31.6 Å². The summed E-state index contributed by atoms with van der Waals surface area (Å²) in [4.78, 5) is 11.1. The number of alkyl halides is 3. The Morgan fingerprint density at radius 2 is 2.05 bits per heavy atom. The molecule has 0 aromatic heterocycles. The molecule has 20 heavy (non-hydrogen) atoms. The Labute approximate surface area is 113 Å². The zero-order valence-electron chi connectivity index (χ0n) is 10.9. The maximum atomic E-state index is 13.5. The molecule has 1 aliphatic heterocycles. The summed E-state index contributed by atoms with van der Waals surface area (Å²) in [6.07, 6.45) is -1.01. The Kier molecular flexibility index (Phi) is 3.50. The minimum absolute atomic E-state index is 0.165. The second-order valence-corrected chi connectivity index (χ2v) is 4.80. The number of benzene rings is 1. The van der Waals surface area contributed by atoms with Crippen LogP contribution in [0.5, 0.6) is 5.75 Å². The van der Waals surface area contributed by atoms with Crippen LogP contribution in [0.3, 0.4) is 0 Å². The number of carboxylic acid groups (broad SMARTS) is 1. The van der Waals surface area contributed by atoms with Crippen molar-refractivity contribution in [1.29, 1.82) is 0 Å². The van der Waals surface area contributed by atoms with Gasteiger partial charge in [-0.25, -0.2) is 9.18 Å². The van der Waals surface area contributed by atoms with Gasteiger partial charge < -0.3 is 9.84 Å². The van der Waals surface area contributed by atoms with Crippen molar-refractivity contribution in [3.05, 3.63) is 34.4 Å². The number of carbonyl (C=O) groups is 1. The summed E-state index contributed by atoms with van der Waals surface area (Å²) in [6.45, 7) is 1.47. The highest BCUT2D eigenvalue weighted by molar-refractivity contribution is 5.95. The topological polar surface area (TPSA) is 46.5 Å². The van der Waals surface area contributed by atoms with Gasteiger partial charge in [-0.1, -0.05) is 11.6 Å². The maximum Gasteiger partial charge on any atom is 0.335 e. The van der Waals surface area contributed by atoms with E-state index in [4.69, 9.17) is 9.84 Å². The zero-order valence-corrected chi connectivity index (χ0v) is 10.9. The van der Waals surface area contributed by atoms with Crippen molar-refractivity contribution in [2.45, 2.75) is 25.9 Å². The molecule has 1 aliphatic rings. The minimum atomic E-state index is -3.89. The molecule has 1 N–H and O–H groups in total. The Balaban J connectivity index is 2.59. The van der Waals surface area contributed by atoms with E-state index in [-0.39, 0.29) is 5.75 Å². The van der Waals surface area contributed by atoms with Crippen LogP contribution in [0.4, 0.5) is 13.2 Å². The summed E-state index contributed by atoms with van der Waals surface area (Å²) in [5.74, 6) is -5.27. The average molecular weight is 286 g/mol.